The summed E-state index contributed by atoms with van der Waals surface area (Å²) in [6, 6.07) is 14.2. The molecule has 7 heteroatoms. The topological polar surface area (TPSA) is 88.4 Å². The fourth-order valence-electron chi connectivity index (χ4n) is 2.18. The number of carbonyl (C=O) groups excluding carboxylic acids is 2. The third-order valence-corrected chi connectivity index (χ3v) is 3.98. The smallest absolute Gasteiger partial charge is 0.343 e. The molecular formula is C20H17BrN2O4. The summed E-state index contributed by atoms with van der Waals surface area (Å²) in [6.07, 6.45) is 1.41. The van der Waals surface area contributed by atoms with E-state index >= 15 is 0 Å². The number of esters is 1. The van der Waals surface area contributed by atoms with Gasteiger partial charge in [-0.05, 0) is 48.9 Å². The average molecular weight is 429 g/mol. The second kappa shape index (κ2) is 9.55. The quantitative estimate of drug-likeness (QED) is 0.428. The molecule has 0 bridgehead atoms. The van der Waals surface area contributed by atoms with Crippen molar-refractivity contribution in [3.8, 4) is 11.8 Å². The van der Waals surface area contributed by atoms with E-state index in [2.05, 4.69) is 26.0 Å². The van der Waals surface area contributed by atoms with E-state index in [-0.39, 0.29) is 12.2 Å². The van der Waals surface area contributed by atoms with E-state index in [1.54, 1.807) is 30.3 Å². The van der Waals surface area contributed by atoms with Crippen molar-refractivity contribution in [1.82, 2.24) is 0 Å². The Kier molecular flexibility index (Phi) is 7.15. The Morgan fingerprint density at radius 1 is 1.26 bits per heavy atom. The number of halogens is 1. The zero-order valence-electron chi connectivity index (χ0n) is 14.8. The number of amides is 1. The van der Waals surface area contributed by atoms with E-state index in [9.17, 15) is 14.9 Å². The van der Waals surface area contributed by atoms with Crippen LogP contribution in [0.2, 0.25) is 0 Å². The lowest BCUT2D eigenvalue weighted by Crippen LogP contribution is -2.14. The number of rotatable bonds is 6. The van der Waals surface area contributed by atoms with Gasteiger partial charge in [0.2, 0.25) is 0 Å². The summed E-state index contributed by atoms with van der Waals surface area (Å²) >= 11 is 3.34. The Morgan fingerprint density at radius 2 is 2.04 bits per heavy atom. The number of hydrogen-bond donors (Lipinski definition) is 1. The van der Waals surface area contributed by atoms with Crippen LogP contribution in [0.4, 0.5) is 5.69 Å². The van der Waals surface area contributed by atoms with Crippen LogP contribution >= 0.6 is 15.9 Å². The first kappa shape index (κ1) is 20.2. The third-order valence-electron chi connectivity index (χ3n) is 3.49. The molecule has 2 rings (SSSR count). The molecule has 0 aromatic heterocycles. The van der Waals surface area contributed by atoms with Crippen LogP contribution in [0, 0.1) is 18.3 Å². The highest BCUT2D eigenvalue weighted by molar-refractivity contribution is 9.10. The number of aryl methyl sites for hydroxylation is 1. The van der Waals surface area contributed by atoms with Crippen molar-refractivity contribution in [1.29, 1.82) is 5.26 Å². The lowest BCUT2D eigenvalue weighted by Gasteiger charge is -2.10. The minimum atomic E-state index is -0.540. The second-order valence-electron chi connectivity index (χ2n) is 5.54. The zero-order chi connectivity index (χ0) is 19.8. The molecular weight excluding hydrogens is 412 g/mol. The number of nitrogens with one attached hydrogen (secondary N) is 1. The van der Waals surface area contributed by atoms with E-state index in [0.717, 1.165) is 10.0 Å². The van der Waals surface area contributed by atoms with Crippen molar-refractivity contribution in [3.63, 3.8) is 0 Å². The molecule has 0 saturated heterocycles. The van der Waals surface area contributed by atoms with Gasteiger partial charge < -0.3 is 14.8 Å². The average Bonchev–Trinajstić information content (AvgIpc) is 2.64. The lowest BCUT2D eigenvalue weighted by molar-refractivity contribution is -0.142. The molecule has 1 N–H and O–H groups in total. The van der Waals surface area contributed by atoms with Gasteiger partial charge in [-0.2, -0.15) is 5.26 Å². The molecule has 2 aromatic rings. The van der Waals surface area contributed by atoms with Crippen molar-refractivity contribution in [2.45, 2.75) is 6.92 Å². The van der Waals surface area contributed by atoms with Gasteiger partial charge in [0, 0.05) is 15.7 Å². The number of anilines is 1. The number of hydrogen-bond acceptors (Lipinski definition) is 5. The molecule has 0 spiro atoms. The van der Waals surface area contributed by atoms with E-state index < -0.39 is 11.9 Å². The third kappa shape index (κ3) is 5.97. The van der Waals surface area contributed by atoms with Crippen LogP contribution < -0.4 is 10.1 Å². The van der Waals surface area contributed by atoms with Crippen LogP contribution in [0.15, 0.2) is 52.5 Å². The molecule has 0 heterocycles. The Morgan fingerprint density at radius 3 is 2.70 bits per heavy atom. The van der Waals surface area contributed by atoms with E-state index in [1.165, 1.54) is 13.2 Å². The highest BCUT2D eigenvalue weighted by Crippen LogP contribution is 2.26. The monoisotopic (exact) mass is 428 g/mol. The molecule has 0 aliphatic rings. The van der Waals surface area contributed by atoms with Gasteiger partial charge in [-0.25, -0.2) is 4.79 Å². The minimum Gasteiger partial charge on any atom is -0.481 e. The van der Waals surface area contributed by atoms with Gasteiger partial charge in [-0.3, -0.25) is 4.79 Å². The van der Waals surface area contributed by atoms with Crippen LogP contribution in [0.1, 0.15) is 11.1 Å². The maximum atomic E-state index is 12.4. The number of benzene rings is 2. The normalized spacial score (nSPS) is 10.7. The number of methoxy groups -OCH3 is 1. The van der Waals surface area contributed by atoms with Gasteiger partial charge in [0.25, 0.3) is 5.91 Å². The first-order chi connectivity index (χ1) is 12.9. The highest BCUT2D eigenvalue weighted by atomic mass is 79.9. The Hall–Kier alpha value is -3.11. The zero-order valence-corrected chi connectivity index (χ0v) is 16.4. The molecule has 0 aliphatic carbocycles. The van der Waals surface area contributed by atoms with Crippen LogP contribution in [-0.2, 0) is 14.3 Å². The Bertz CT molecular complexity index is 932. The molecule has 0 fully saturated rings. The second-order valence-corrected chi connectivity index (χ2v) is 6.46. The molecule has 0 saturated carbocycles. The maximum Gasteiger partial charge on any atom is 0.343 e. The van der Waals surface area contributed by atoms with Gasteiger partial charge in [-0.1, -0.05) is 28.1 Å². The molecule has 0 unspecified atom stereocenters. The molecule has 0 atom stereocenters. The predicted octanol–water partition coefficient (Wildman–Crippen LogP) is 3.86. The minimum absolute atomic E-state index is 0.0995. The molecule has 27 heavy (non-hydrogen) atoms. The molecule has 0 radical (unpaired) electrons. The summed E-state index contributed by atoms with van der Waals surface area (Å²) in [6.45, 7) is 1.62. The van der Waals surface area contributed by atoms with Crippen molar-refractivity contribution in [3.05, 3.63) is 63.6 Å². The Balaban J connectivity index is 2.27. The first-order valence-electron chi connectivity index (χ1n) is 7.92. The maximum absolute atomic E-state index is 12.4. The standard InChI is InChI=1S/C20H17BrN2O4/c1-13-4-3-5-17(8-13)23-20(25)15(11-22)9-14-10-16(21)6-7-18(14)27-12-19(24)26-2/h3-10H,12H2,1-2H3,(H,23,25)/b15-9+. The molecule has 138 valence electrons. The molecule has 6 nitrogen and oxygen atoms in total. The molecule has 1 amide bonds. The van der Waals surface area contributed by atoms with Crippen LogP contribution in [-0.4, -0.2) is 25.6 Å². The SMILES string of the molecule is COC(=O)COc1ccc(Br)cc1/C=C(\C#N)C(=O)Nc1cccc(C)c1. The number of carbonyl (C=O) groups is 2. The van der Waals surface area contributed by atoms with Crippen molar-refractivity contribution >= 4 is 39.6 Å². The first-order valence-corrected chi connectivity index (χ1v) is 8.71. The fourth-order valence-corrected chi connectivity index (χ4v) is 2.56. The summed E-state index contributed by atoms with van der Waals surface area (Å²) in [5.41, 5.74) is 1.96. The predicted molar refractivity (Wildman–Crippen MR) is 105 cm³/mol. The van der Waals surface area contributed by atoms with E-state index in [1.807, 2.05) is 25.1 Å². The summed E-state index contributed by atoms with van der Waals surface area (Å²) in [5.74, 6) is -0.729. The van der Waals surface area contributed by atoms with Crippen molar-refractivity contribution < 1.29 is 19.1 Å². The Labute approximate surface area is 165 Å². The van der Waals surface area contributed by atoms with E-state index in [0.29, 0.717) is 17.0 Å². The molecule has 0 aliphatic heterocycles. The number of nitrogens with zero attached hydrogens (tertiary/aromatic N) is 1. The number of nitriles is 1. The van der Waals surface area contributed by atoms with Gasteiger partial charge in [0.05, 0.1) is 7.11 Å². The summed E-state index contributed by atoms with van der Waals surface area (Å²) in [4.78, 5) is 23.7. The summed E-state index contributed by atoms with van der Waals surface area (Å²) in [5, 5.41) is 12.1. The number of ether oxygens (including phenoxy) is 2. The van der Waals surface area contributed by atoms with Crippen LogP contribution in [0.5, 0.6) is 5.75 Å². The van der Waals surface area contributed by atoms with Crippen LogP contribution in [0.25, 0.3) is 6.08 Å². The van der Waals surface area contributed by atoms with Gasteiger partial charge >= 0.3 is 5.97 Å². The van der Waals surface area contributed by atoms with E-state index in [4.69, 9.17) is 4.74 Å². The van der Waals surface area contributed by atoms with Gasteiger partial charge in [0.1, 0.15) is 17.4 Å². The van der Waals surface area contributed by atoms with Gasteiger partial charge in [0.15, 0.2) is 6.61 Å². The van der Waals surface area contributed by atoms with Crippen LogP contribution in [0.3, 0.4) is 0 Å². The largest absolute Gasteiger partial charge is 0.481 e. The summed E-state index contributed by atoms with van der Waals surface area (Å²) < 4.78 is 10.7. The highest BCUT2D eigenvalue weighted by Gasteiger charge is 2.13. The summed E-state index contributed by atoms with van der Waals surface area (Å²) in [7, 11) is 1.26. The van der Waals surface area contributed by atoms with Gasteiger partial charge in [-0.15, -0.1) is 0 Å². The molecule has 2 aromatic carbocycles. The fraction of sp³-hybridized carbons (Fsp3) is 0.150. The van der Waals surface area contributed by atoms with Crippen molar-refractivity contribution in [2.75, 3.05) is 19.0 Å². The van der Waals surface area contributed by atoms with Crippen molar-refractivity contribution in [2.24, 2.45) is 0 Å². The lowest BCUT2D eigenvalue weighted by atomic mass is 10.1.